The van der Waals surface area contributed by atoms with Gasteiger partial charge in [-0.1, -0.05) is 19.0 Å². The van der Waals surface area contributed by atoms with Gasteiger partial charge in [-0.3, -0.25) is 4.79 Å². The molecule has 6 nitrogen and oxygen atoms in total. The predicted octanol–water partition coefficient (Wildman–Crippen LogP) is 2.40. The van der Waals surface area contributed by atoms with Crippen LogP contribution in [0.15, 0.2) is 16.8 Å². The minimum absolute atomic E-state index is 0. The molecule has 2 heterocycles. The van der Waals surface area contributed by atoms with Gasteiger partial charge in [-0.15, -0.1) is 12.4 Å². The summed E-state index contributed by atoms with van der Waals surface area (Å²) in [5.41, 5.74) is 7.73. The molecule has 0 saturated heterocycles. The fourth-order valence-electron chi connectivity index (χ4n) is 2.06. The van der Waals surface area contributed by atoms with E-state index in [2.05, 4.69) is 24.0 Å². The van der Waals surface area contributed by atoms with E-state index in [9.17, 15) is 4.79 Å². The number of fused-ring (bicyclic) bond motifs is 1. The number of carbonyl (C=O) groups excluding carboxylic acids is 1. The van der Waals surface area contributed by atoms with Gasteiger partial charge in [0, 0.05) is 25.8 Å². The van der Waals surface area contributed by atoms with Crippen LogP contribution in [-0.4, -0.2) is 40.6 Å². The molecule has 122 valence electrons. The molecule has 0 bridgehead atoms. The lowest BCUT2D eigenvalue weighted by Gasteiger charge is -2.21. The van der Waals surface area contributed by atoms with Gasteiger partial charge in [0.1, 0.15) is 0 Å². The van der Waals surface area contributed by atoms with E-state index in [4.69, 9.17) is 10.3 Å². The highest BCUT2D eigenvalue weighted by atomic mass is 35.5. The first-order chi connectivity index (χ1) is 9.90. The number of aryl methyl sites for hydroxylation is 1. The second-order valence-electron chi connectivity index (χ2n) is 5.77. The molecule has 2 aromatic rings. The Morgan fingerprint density at radius 3 is 2.77 bits per heavy atom. The van der Waals surface area contributed by atoms with Crippen LogP contribution in [0.25, 0.3) is 11.1 Å². The molecule has 1 atom stereocenters. The second-order valence-corrected chi connectivity index (χ2v) is 5.77. The van der Waals surface area contributed by atoms with Crippen molar-refractivity contribution in [3.8, 4) is 0 Å². The largest absolute Gasteiger partial charge is 0.342 e. The molecule has 7 heteroatoms. The monoisotopic (exact) mass is 326 g/mol. The third kappa shape index (κ3) is 3.96. The fraction of sp³-hybridized carbons (Fsp3) is 0.533. The van der Waals surface area contributed by atoms with Gasteiger partial charge in [0.25, 0.3) is 11.6 Å². The average molecular weight is 327 g/mol. The smallest absolute Gasteiger partial charge is 0.257 e. The maximum atomic E-state index is 12.4. The Labute approximate surface area is 136 Å². The molecule has 1 unspecified atom stereocenters. The van der Waals surface area contributed by atoms with Crippen LogP contribution in [0, 0.1) is 12.8 Å². The van der Waals surface area contributed by atoms with Crippen LogP contribution >= 0.6 is 12.4 Å². The number of aromatic nitrogens is 2. The first-order valence-corrected chi connectivity index (χ1v) is 7.13. The highest BCUT2D eigenvalue weighted by Crippen LogP contribution is 2.17. The SMILES string of the molecule is Cc1noc2ncc(C(=O)N(C)CCC(N)C(C)C)cc12.Cl. The lowest BCUT2D eigenvalue weighted by atomic mass is 10.0. The quantitative estimate of drug-likeness (QED) is 0.911. The van der Waals surface area contributed by atoms with E-state index in [0.717, 1.165) is 17.5 Å². The number of pyridine rings is 1. The zero-order valence-corrected chi connectivity index (χ0v) is 14.2. The molecule has 0 saturated carbocycles. The Balaban J connectivity index is 0.00000242. The van der Waals surface area contributed by atoms with Gasteiger partial charge in [-0.2, -0.15) is 0 Å². The van der Waals surface area contributed by atoms with Crippen molar-refractivity contribution in [3.05, 3.63) is 23.5 Å². The van der Waals surface area contributed by atoms with E-state index >= 15 is 0 Å². The number of nitrogens with zero attached hydrogens (tertiary/aromatic N) is 3. The average Bonchev–Trinajstić information content (AvgIpc) is 2.84. The molecule has 2 N–H and O–H groups in total. The number of hydrogen-bond acceptors (Lipinski definition) is 5. The third-order valence-corrected chi connectivity index (χ3v) is 3.76. The first kappa shape index (κ1) is 18.4. The van der Waals surface area contributed by atoms with Gasteiger partial charge >= 0.3 is 0 Å². The van der Waals surface area contributed by atoms with E-state index < -0.39 is 0 Å². The predicted molar refractivity (Wildman–Crippen MR) is 88.2 cm³/mol. The van der Waals surface area contributed by atoms with Crippen molar-refractivity contribution in [1.82, 2.24) is 15.0 Å². The molecule has 0 aromatic carbocycles. The summed E-state index contributed by atoms with van der Waals surface area (Å²) in [5.74, 6) is 0.340. The van der Waals surface area contributed by atoms with Gasteiger partial charge in [0.05, 0.1) is 16.6 Å². The van der Waals surface area contributed by atoms with Crippen LogP contribution in [0.1, 0.15) is 36.3 Å². The summed E-state index contributed by atoms with van der Waals surface area (Å²) in [6.45, 7) is 6.62. The minimum atomic E-state index is -0.0686. The van der Waals surface area contributed by atoms with Crippen molar-refractivity contribution in [2.24, 2.45) is 11.7 Å². The Bertz CT molecular complexity index is 642. The molecule has 2 rings (SSSR count). The summed E-state index contributed by atoms with van der Waals surface area (Å²) in [4.78, 5) is 18.2. The molecule has 1 amide bonds. The van der Waals surface area contributed by atoms with Crippen LogP contribution in [0.3, 0.4) is 0 Å². The molecular weight excluding hydrogens is 304 g/mol. The molecule has 2 aromatic heterocycles. The summed E-state index contributed by atoms with van der Waals surface area (Å²) < 4.78 is 5.05. The van der Waals surface area contributed by atoms with Gasteiger partial charge in [-0.05, 0) is 25.3 Å². The van der Waals surface area contributed by atoms with E-state index in [0.29, 0.717) is 23.7 Å². The number of carbonyl (C=O) groups is 1. The first-order valence-electron chi connectivity index (χ1n) is 7.13. The van der Waals surface area contributed by atoms with Crippen LogP contribution in [0.4, 0.5) is 0 Å². The number of rotatable bonds is 5. The Morgan fingerprint density at radius 1 is 1.45 bits per heavy atom. The maximum absolute atomic E-state index is 12.4. The van der Waals surface area contributed by atoms with Crippen molar-refractivity contribution in [1.29, 1.82) is 0 Å². The lowest BCUT2D eigenvalue weighted by molar-refractivity contribution is 0.0789. The summed E-state index contributed by atoms with van der Waals surface area (Å²) in [6, 6.07) is 1.87. The molecule has 0 aliphatic heterocycles. The van der Waals surface area contributed by atoms with Crippen LogP contribution in [-0.2, 0) is 0 Å². The maximum Gasteiger partial charge on any atom is 0.257 e. The Hall–Kier alpha value is -1.66. The van der Waals surface area contributed by atoms with Gasteiger partial charge in [0.2, 0.25) is 0 Å². The normalized spacial score (nSPS) is 12.3. The van der Waals surface area contributed by atoms with Gasteiger partial charge in [-0.25, -0.2) is 4.98 Å². The molecule has 0 aliphatic carbocycles. The summed E-state index contributed by atoms with van der Waals surface area (Å²) in [5, 5.41) is 4.61. The molecule has 0 fully saturated rings. The van der Waals surface area contributed by atoms with Crippen molar-refractivity contribution in [3.63, 3.8) is 0 Å². The van der Waals surface area contributed by atoms with E-state index in [-0.39, 0.29) is 24.4 Å². The van der Waals surface area contributed by atoms with Crippen LogP contribution in [0.2, 0.25) is 0 Å². The van der Waals surface area contributed by atoms with E-state index in [1.54, 1.807) is 18.0 Å². The summed E-state index contributed by atoms with van der Waals surface area (Å²) in [6.07, 6.45) is 2.30. The number of nitrogens with two attached hydrogens (primary N) is 1. The zero-order valence-electron chi connectivity index (χ0n) is 13.4. The fourth-order valence-corrected chi connectivity index (χ4v) is 2.06. The van der Waals surface area contributed by atoms with E-state index in [1.807, 2.05) is 6.92 Å². The Morgan fingerprint density at radius 2 is 2.14 bits per heavy atom. The van der Waals surface area contributed by atoms with Crippen molar-refractivity contribution in [2.75, 3.05) is 13.6 Å². The third-order valence-electron chi connectivity index (χ3n) is 3.76. The van der Waals surface area contributed by atoms with E-state index in [1.165, 1.54) is 6.20 Å². The van der Waals surface area contributed by atoms with Gasteiger partial charge < -0.3 is 15.2 Å². The van der Waals surface area contributed by atoms with Gasteiger partial charge in [0.15, 0.2) is 0 Å². The second kappa shape index (κ2) is 7.56. The lowest BCUT2D eigenvalue weighted by Crippen LogP contribution is -2.34. The van der Waals surface area contributed by atoms with Crippen molar-refractivity contribution >= 4 is 29.4 Å². The molecular formula is C15H23ClN4O2. The van der Waals surface area contributed by atoms with Crippen molar-refractivity contribution in [2.45, 2.75) is 33.2 Å². The highest BCUT2D eigenvalue weighted by Gasteiger charge is 2.16. The highest BCUT2D eigenvalue weighted by molar-refractivity contribution is 5.96. The zero-order chi connectivity index (χ0) is 15.6. The molecule has 0 aliphatic rings. The number of hydrogen-bond donors (Lipinski definition) is 1. The standard InChI is InChI=1S/C15H22N4O2.ClH/c1-9(2)13(16)5-6-19(4)15(20)11-7-12-10(3)18-21-14(12)17-8-11;/h7-9,13H,5-6,16H2,1-4H3;1H. The van der Waals surface area contributed by atoms with Crippen LogP contribution in [0.5, 0.6) is 0 Å². The molecule has 0 radical (unpaired) electrons. The summed E-state index contributed by atoms with van der Waals surface area (Å²) >= 11 is 0. The molecule has 0 spiro atoms. The van der Waals surface area contributed by atoms with Crippen molar-refractivity contribution < 1.29 is 9.32 Å². The topological polar surface area (TPSA) is 85.2 Å². The van der Waals surface area contributed by atoms with Crippen LogP contribution < -0.4 is 5.73 Å². The molecule has 22 heavy (non-hydrogen) atoms. The Kier molecular flexibility index (Phi) is 6.32. The number of halogens is 1. The summed E-state index contributed by atoms with van der Waals surface area (Å²) in [7, 11) is 1.78. The minimum Gasteiger partial charge on any atom is -0.342 e. The number of amides is 1.